The summed E-state index contributed by atoms with van der Waals surface area (Å²) in [4.78, 5) is 40.8. The van der Waals surface area contributed by atoms with Crippen LogP contribution in [0.25, 0.3) is 10.9 Å². The summed E-state index contributed by atoms with van der Waals surface area (Å²) in [5.41, 5.74) is 2.00. The first-order chi connectivity index (χ1) is 14.9. The number of nitrogens with one attached hydrogen (secondary N) is 2. The maximum atomic E-state index is 12.8. The van der Waals surface area contributed by atoms with Crippen LogP contribution in [0.15, 0.2) is 48.7 Å². The van der Waals surface area contributed by atoms with Crippen LogP contribution in [0.5, 0.6) is 0 Å². The van der Waals surface area contributed by atoms with Gasteiger partial charge >= 0.3 is 0 Å². The van der Waals surface area contributed by atoms with Crippen molar-refractivity contribution in [1.29, 1.82) is 0 Å². The molecule has 0 atom stereocenters. The number of fused-ring (bicyclic) bond motifs is 1. The van der Waals surface area contributed by atoms with Crippen molar-refractivity contribution >= 4 is 34.1 Å². The van der Waals surface area contributed by atoms with Gasteiger partial charge in [0.15, 0.2) is 0 Å². The third-order valence-corrected chi connectivity index (χ3v) is 5.95. The largest absolute Gasteiger partial charge is 0.360 e. The maximum absolute atomic E-state index is 12.8. The molecule has 1 fully saturated rings. The van der Waals surface area contributed by atoms with Crippen molar-refractivity contribution in [1.82, 2.24) is 9.88 Å². The van der Waals surface area contributed by atoms with Crippen LogP contribution >= 0.6 is 0 Å². The Hall–Kier alpha value is -3.68. The first kappa shape index (κ1) is 20.6. The fourth-order valence-corrected chi connectivity index (χ4v) is 4.14. The number of non-ortho nitro benzene ring substituents is 1. The van der Waals surface area contributed by atoms with Gasteiger partial charge in [0.25, 0.3) is 17.5 Å². The summed E-state index contributed by atoms with van der Waals surface area (Å²) in [6.45, 7) is 0. The molecule has 1 aliphatic carbocycles. The van der Waals surface area contributed by atoms with Crippen molar-refractivity contribution < 1.29 is 14.5 Å². The molecule has 0 spiro atoms. The van der Waals surface area contributed by atoms with E-state index in [0.717, 1.165) is 25.7 Å². The quantitative estimate of drug-likeness (QED) is 0.459. The molecule has 0 bridgehead atoms. The molecule has 4 rings (SSSR count). The number of hydrogen-bond acceptors (Lipinski definition) is 4. The predicted molar refractivity (Wildman–Crippen MR) is 118 cm³/mol. The van der Waals surface area contributed by atoms with Crippen molar-refractivity contribution in [3.63, 3.8) is 0 Å². The van der Waals surface area contributed by atoms with E-state index in [2.05, 4.69) is 10.3 Å². The highest BCUT2D eigenvalue weighted by molar-refractivity contribution is 6.13. The van der Waals surface area contributed by atoms with Gasteiger partial charge in [-0.25, -0.2) is 0 Å². The van der Waals surface area contributed by atoms with Crippen LogP contribution < -0.4 is 5.32 Å². The fraction of sp³-hybridized carbons (Fsp3) is 0.304. The molecule has 1 aliphatic rings. The average molecular weight is 420 g/mol. The van der Waals surface area contributed by atoms with Gasteiger partial charge in [-0.15, -0.1) is 0 Å². The molecule has 160 valence electrons. The predicted octanol–water partition coefficient (Wildman–Crippen LogP) is 4.73. The highest BCUT2D eigenvalue weighted by Crippen LogP contribution is 2.25. The minimum absolute atomic E-state index is 0.0197. The van der Waals surface area contributed by atoms with Gasteiger partial charge in [0.05, 0.1) is 10.5 Å². The van der Waals surface area contributed by atoms with Crippen molar-refractivity contribution in [3.05, 3.63) is 69.9 Å². The topological polar surface area (TPSA) is 108 Å². The van der Waals surface area contributed by atoms with Crippen molar-refractivity contribution in [2.45, 2.75) is 38.1 Å². The van der Waals surface area contributed by atoms with Crippen molar-refractivity contribution in [2.75, 3.05) is 12.4 Å². The number of aromatic amines is 1. The third-order valence-electron chi connectivity index (χ3n) is 5.95. The number of benzene rings is 2. The van der Waals surface area contributed by atoms with Crippen LogP contribution in [-0.2, 0) is 0 Å². The highest BCUT2D eigenvalue weighted by atomic mass is 16.6. The lowest BCUT2D eigenvalue weighted by atomic mass is 9.94. The monoisotopic (exact) mass is 420 g/mol. The SMILES string of the molecule is CN(C(=O)c1ccc(NC(=O)c2c[nH]c3ccc([N+](=O)[O-])cc23)cc1)C1CCCCC1. The van der Waals surface area contributed by atoms with Crippen LogP contribution in [-0.4, -0.2) is 39.7 Å². The molecule has 0 unspecified atom stereocenters. The van der Waals surface area contributed by atoms with E-state index < -0.39 is 4.92 Å². The van der Waals surface area contributed by atoms with Crippen molar-refractivity contribution in [3.8, 4) is 0 Å². The van der Waals surface area contributed by atoms with Gasteiger partial charge in [0, 0.05) is 53.6 Å². The number of carbonyl (C=O) groups is 2. The van der Waals surface area contributed by atoms with E-state index in [-0.39, 0.29) is 23.5 Å². The van der Waals surface area contributed by atoms with Crippen LogP contribution in [0.2, 0.25) is 0 Å². The number of anilines is 1. The molecule has 1 heterocycles. The smallest absolute Gasteiger partial charge is 0.270 e. The van der Waals surface area contributed by atoms with E-state index in [1.165, 1.54) is 24.8 Å². The Balaban J connectivity index is 1.47. The number of nitro benzene ring substituents is 1. The molecule has 2 amide bonds. The first-order valence-electron chi connectivity index (χ1n) is 10.4. The van der Waals surface area contributed by atoms with Gasteiger partial charge in [0.1, 0.15) is 0 Å². The minimum Gasteiger partial charge on any atom is -0.360 e. The normalized spacial score (nSPS) is 14.4. The lowest BCUT2D eigenvalue weighted by Gasteiger charge is -2.31. The van der Waals surface area contributed by atoms with E-state index in [1.54, 1.807) is 30.3 Å². The van der Waals surface area contributed by atoms with Gasteiger partial charge in [0.2, 0.25) is 0 Å². The second kappa shape index (κ2) is 8.59. The number of aromatic nitrogens is 1. The average Bonchev–Trinajstić information content (AvgIpc) is 3.22. The maximum Gasteiger partial charge on any atom is 0.270 e. The second-order valence-electron chi connectivity index (χ2n) is 7.93. The molecular weight excluding hydrogens is 396 g/mol. The zero-order valence-corrected chi connectivity index (χ0v) is 17.3. The molecule has 2 N–H and O–H groups in total. The Morgan fingerprint density at radius 2 is 1.81 bits per heavy atom. The summed E-state index contributed by atoms with van der Waals surface area (Å²) >= 11 is 0. The van der Waals surface area contributed by atoms with Gasteiger partial charge in [-0.3, -0.25) is 19.7 Å². The number of nitro groups is 1. The summed E-state index contributed by atoms with van der Waals surface area (Å²) < 4.78 is 0. The summed E-state index contributed by atoms with van der Waals surface area (Å²) in [6, 6.07) is 11.4. The summed E-state index contributed by atoms with van der Waals surface area (Å²) in [5, 5.41) is 14.3. The molecule has 1 saturated carbocycles. The molecule has 2 aromatic carbocycles. The van der Waals surface area contributed by atoms with Crippen LogP contribution in [0, 0.1) is 10.1 Å². The Morgan fingerprint density at radius 3 is 2.48 bits per heavy atom. The van der Waals surface area contributed by atoms with E-state index >= 15 is 0 Å². The molecule has 0 radical (unpaired) electrons. The molecule has 31 heavy (non-hydrogen) atoms. The van der Waals surface area contributed by atoms with E-state index in [4.69, 9.17) is 0 Å². The Labute approximate surface area is 179 Å². The van der Waals surface area contributed by atoms with E-state index in [0.29, 0.717) is 27.7 Å². The van der Waals surface area contributed by atoms with Gasteiger partial charge in [-0.05, 0) is 43.2 Å². The van der Waals surface area contributed by atoms with Crippen LogP contribution in [0.3, 0.4) is 0 Å². The molecular formula is C23H24N4O4. The Bertz CT molecular complexity index is 1130. The molecule has 3 aromatic rings. The third kappa shape index (κ3) is 4.28. The molecule has 8 heteroatoms. The highest BCUT2D eigenvalue weighted by Gasteiger charge is 2.23. The number of nitrogens with zero attached hydrogens (tertiary/aromatic N) is 2. The Kier molecular flexibility index (Phi) is 5.70. The number of amides is 2. The molecule has 1 aromatic heterocycles. The van der Waals surface area contributed by atoms with Crippen LogP contribution in [0.4, 0.5) is 11.4 Å². The first-order valence-corrected chi connectivity index (χ1v) is 10.4. The number of carbonyl (C=O) groups excluding carboxylic acids is 2. The lowest BCUT2D eigenvalue weighted by Crippen LogP contribution is -2.38. The van der Waals surface area contributed by atoms with E-state index in [9.17, 15) is 19.7 Å². The van der Waals surface area contributed by atoms with Gasteiger partial charge < -0.3 is 15.2 Å². The zero-order valence-electron chi connectivity index (χ0n) is 17.3. The second-order valence-corrected chi connectivity index (χ2v) is 7.93. The number of hydrogen-bond donors (Lipinski definition) is 2. The summed E-state index contributed by atoms with van der Waals surface area (Å²) in [7, 11) is 1.85. The lowest BCUT2D eigenvalue weighted by molar-refractivity contribution is -0.384. The van der Waals surface area contributed by atoms with Crippen molar-refractivity contribution in [2.24, 2.45) is 0 Å². The van der Waals surface area contributed by atoms with Gasteiger partial charge in [-0.2, -0.15) is 0 Å². The molecule has 8 nitrogen and oxygen atoms in total. The minimum atomic E-state index is -0.492. The van der Waals surface area contributed by atoms with Gasteiger partial charge in [-0.1, -0.05) is 19.3 Å². The molecule has 0 aliphatic heterocycles. The summed E-state index contributed by atoms with van der Waals surface area (Å²) in [6.07, 6.45) is 7.16. The zero-order chi connectivity index (χ0) is 22.0. The van der Waals surface area contributed by atoms with E-state index in [1.807, 2.05) is 11.9 Å². The number of H-pyrrole nitrogens is 1. The number of rotatable bonds is 5. The van der Waals surface area contributed by atoms with Crippen LogP contribution in [0.1, 0.15) is 52.8 Å². The molecule has 0 saturated heterocycles. The standard InChI is InChI=1S/C23H24N4O4/c1-26(17-5-3-2-4-6-17)23(29)15-7-9-16(10-8-15)25-22(28)20-14-24-21-12-11-18(27(30)31)13-19(20)21/h7-14,17,24H,2-6H2,1H3,(H,25,28). The Morgan fingerprint density at radius 1 is 1.10 bits per heavy atom. The summed E-state index contributed by atoms with van der Waals surface area (Å²) in [5.74, 6) is -0.404. The fourth-order valence-electron chi connectivity index (χ4n) is 4.14.